The first-order valence-corrected chi connectivity index (χ1v) is 12.3. The Morgan fingerprint density at radius 3 is 2.81 bits per heavy atom. The minimum atomic E-state index is -1.03. The van der Waals surface area contributed by atoms with Crippen molar-refractivity contribution < 1.29 is 13.7 Å². The number of aryl methyl sites for hydroxylation is 1. The van der Waals surface area contributed by atoms with Crippen LogP contribution in [0.3, 0.4) is 0 Å². The van der Waals surface area contributed by atoms with Crippen molar-refractivity contribution in [3.8, 4) is 5.75 Å². The van der Waals surface area contributed by atoms with Crippen LogP contribution in [0.15, 0.2) is 58.4 Å². The van der Waals surface area contributed by atoms with E-state index in [1.807, 2.05) is 37.3 Å². The first kappa shape index (κ1) is 23.3. The minimum Gasteiger partial charge on any atom is -0.491 e. The van der Waals surface area contributed by atoms with Crippen LogP contribution in [0.2, 0.25) is 0 Å². The van der Waals surface area contributed by atoms with E-state index in [2.05, 4.69) is 35.8 Å². The number of nitrogens with one attached hydrogen (secondary N) is 2. The van der Waals surface area contributed by atoms with Crippen LogP contribution in [-0.2, 0) is 22.1 Å². The number of ether oxygens (including phenoxy) is 2. The van der Waals surface area contributed by atoms with Gasteiger partial charge in [-0.15, -0.1) is 0 Å². The summed E-state index contributed by atoms with van der Waals surface area (Å²) in [6, 6.07) is 15.7. The van der Waals surface area contributed by atoms with Gasteiger partial charge in [0, 0.05) is 35.9 Å². The monoisotopic (exact) mass is 443 g/mol. The Balaban J connectivity index is 1.57. The van der Waals surface area contributed by atoms with Gasteiger partial charge >= 0.3 is 0 Å². The van der Waals surface area contributed by atoms with Crippen molar-refractivity contribution in [2.45, 2.75) is 44.2 Å². The van der Waals surface area contributed by atoms with Gasteiger partial charge in [0.25, 0.3) is 0 Å². The summed E-state index contributed by atoms with van der Waals surface area (Å²) in [4.78, 5) is 5.55. The Kier molecular flexibility index (Phi) is 9.37. The second-order valence-corrected chi connectivity index (χ2v) is 9.11. The lowest BCUT2D eigenvalue weighted by atomic mass is 10.1. The molecule has 0 saturated carbocycles. The molecule has 1 saturated heterocycles. The Bertz CT molecular complexity index is 868. The van der Waals surface area contributed by atoms with Crippen LogP contribution >= 0.6 is 0 Å². The van der Waals surface area contributed by atoms with Crippen molar-refractivity contribution >= 4 is 16.8 Å². The predicted octanol–water partition coefficient (Wildman–Crippen LogP) is 3.42. The van der Waals surface area contributed by atoms with Gasteiger partial charge in [0.1, 0.15) is 12.4 Å². The largest absolute Gasteiger partial charge is 0.491 e. The summed E-state index contributed by atoms with van der Waals surface area (Å²) in [5.74, 6) is 2.09. The van der Waals surface area contributed by atoms with E-state index < -0.39 is 10.8 Å². The second kappa shape index (κ2) is 12.5. The fraction of sp³-hybridized carbons (Fsp3) is 0.458. The molecule has 0 aliphatic carbocycles. The summed E-state index contributed by atoms with van der Waals surface area (Å²) in [5, 5.41) is 6.54. The third kappa shape index (κ3) is 7.67. The molecule has 2 N–H and O–H groups in total. The highest BCUT2D eigenvalue weighted by atomic mass is 32.2. The normalized spacial score (nSPS) is 17.4. The molecule has 2 atom stereocenters. The number of hydrogen-bond donors (Lipinski definition) is 2. The molecule has 2 aromatic carbocycles. The summed E-state index contributed by atoms with van der Waals surface area (Å²) >= 11 is 0. The predicted molar refractivity (Wildman–Crippen MR) is 126 cm³/mol. The molecule has 31 heavy (non-hydrogen) atoms. The standard InChI is InChI=1S/C24H33N3O3S/c1-3-25-24(26-13-15-31(28)22-9-5-4-6-10-22)27-17-20-12-11-19(2)16-23(20)30-18-21-8-7-14-29-21/h4-6,9-12,16,21H,3,7-8,13-15,17-18H2,1-2H3,(H2,25,26,27). The minimum absolute atomic E-state index is 0.182. The van der Waals surface area contributed by atoms with Gasteiger partial charge in [0.2, 0.25) is 0 Å². The summed E-state index contributed by atoms with van der Waals surface area (Å²) < 4.78 is 24.2. The van der Waals surface area contributed by atoms with Crippen LogP contribution < -0.4 is 15.4 Å². The van der Waals surface area contributed by atoms with E-state index in [4.69, 9.17) is 14.5 Å². The number of guanidine groups is 1. The molecule has 2 unspecified atom stereocenters. The fourth-order valence-corrected chi connectivity index (χ4v) is 4.33. The quantitative estimate of drug-likeness (QED) is 0.435. The molecule has 0 aromatic heterocycles. The molecule has 2 aromatic rings. The molecule has 168 valence electrons. The Morgan fingerprint density at radius 1 is 1.23 bits per heavy atom. The van der Waals surface area contributed by atoms with Gasteiger partial charge in [0.15, 0.2) is 5.96 Å². The zero-order valence-electron chi connectivity index (χ0n) is 18.4. The van der Waals surface area contributed by atoms with E-state index >= 15 is 0 Å². The molecule has 1 aliphatic rings. The molecule has 1 aliphatic heterocycles. The smallest absolute Gasteiger partial charge is 0.191 e. The van der Waals surface area contributed by atoms with Crippen LogP contribution in [0, 0.1) is 6.92 Å². The van der Waals surface area contributed by atoms with Crippen molar-refractivity contribution in [2.75, 3.05) is 32.1 Å². The first-order chi connectivity index (χ1) is 15.2. The van der Waals surface area contributed by atoms with E-state index in [9.17, 15) is 4.21 Å². The summed E-state index contributed by atoms with van der Waals surface area (Å²) in [6.45, 7) is 7.31. The van der Waals surface area contributed by atoms with Crippen molar-refractivity contribution in [1.29, 1.82) is 0 Å². The first-order valence-electron chi connectivity index (χ1n) is 10.9. The maximum atomic E-state index is 12.4. The van der Waals surface area contributed by atoms with Gasteiger partial charge in [0.05, 0.1) is 23.4 Å². The molecule has 6 nitrogen and oxygen atoms in total. The van der Waals surface area contributed by atoms with E-state index in [0.29, 0.717) is 31.4 Å². The van der Waals surface area contributed by atoms with Gasteiger partial charge in [-0.25, -0.2) is 4.99 Å². The fourth-order valence-electron chi connectivity index (χ4n) is 3.34. The highest BCUT2D eigenvalue weighted by Gasteiger charge is 2.17. The Hall–Kier alpha value is -2.38. The third-order valence-electron chi connectivity index (χ3n) is 5.01. The number of nitrogens with zero attached hydrogens (tertiary/aromatic N) is 1. The average molecular weight is 444 g/mol. The second-order valence-electron chi connectivity index (χ2n) is 7.54. The topological polar surface area (TPSA) is 72.0 Å². The van der Waals surface area contributed by atoms with Crippen LogP contribution in [0.1, 0.15) is 30.9 Å². The molecule has 7 heteroatoms. The van der Waals surface area contributed by atoms with Gasteiger partial charge < -0.3 is 20.1 Å². The molecular weight excluding hydrogens is 410 g/mol. The van der Waals surface area contributed by atoms with Crippen LogP contribution in [-0.4, -0.2) is 48.3 Å². The van der Waals surface area contributed by atoms with Crippen molar-refractivity contribution in [3.63, 3.8) is 0 Å². The Morgan fingerprint density at radius 2 is 2.06 bits per heavy atom. The molecule has 0 radical (unpaired) electrons. The maximum absolute atomic E-state index is 12.4. The van der Waals surface area contributed by atoms with Gasteiger partial charge in [-0.3, -0.25) is 4.21 Å². The van der Waals surface area contributed by atoms with Gasteiger partial charge in [-0.1, -0.05) is 30.3 Å². The SMILES string of the molecule is CCNC(=NCc1ccc(C)cc1OCC1CCCO1)NCCS(=O)c1ccccc1. The molecule has 0 bridgehead atoms. The van der Waals surface area contributed by atoms with Crippen molar-refractivity contribution in [3.05, 3.63) is 59.7 Å². The number of aliphatic imine (C=N–C) groups is 1. The molecular formula is C24H33N3O3S. The highest BCUT2D eigenvalue weighted by molar-refractivity contribution is 7.85. The zero-order chi connectivity index (χ0) is 21.9. The third-order valence-corrected chi connectivity index (χ3v) is 6.38. The average Bonchev–Trinajstić information content (AvgIpc) is 3.31. The molecule has 3 rings (SSSR count). The molecule has 1 fully saturated rings. The van der Waals surface area contributed by atoms with Crippen LogP contribution in [0.25, 0.3) is 0 Å². The van der Waals surface area contributed by atoms with Crippen molar-refractivity contribution in [1.82, 2.24) is 10.6 Å². The molecule has 1 heterocycles. The van der Waals surface area contributed by atoms with E-state index in [1.54, 1.807) is 0 Å². The van der Waals surface area contributed by atoms with Crippen LogP contribution in [0.4, 0.5) is 0 Å². The van der Waals surface area contributed by atoms with Gasteiger partial charge in [-0.05, 0) is 50.5 Å². The van der Waals surface area contributed by atoms with E-state index in [1.165, 1.54) is 0 Å². The lowest BCUT2D eigenvalue weighted by molar-refractivity contribution is 0.0676. The lowest BCUT2D eigenvalue weighted by Crippen LogP contribution is -2.39. The number of benzene rings is 2. The van der Waals surface area contributed by atoms with E-state index in [-0.39, 0.29) is 6.10 Å². The Labute approximate surface area is 187 Å². The summed E-state index contributed by atoms with van der Waals surface area (Å²) in [7, 11) is -1.03. The molecule has 0 amide bonds. The maximum Gasteiger partial charge on any atom is 0.191 e. The highest BCUT2D eigenvalue weighted by Crippen LogP contribution is 2.23. The van der Waals surface area contributed by atoms with Crippen molar-refractivity contribution in [2.24, 2.45) is 4.99 Å². The zero-order valence-corrected chi connectivity index (χ0v) is 19.2. The van der Waals surface area contributed by atoms with Gasteiger partial charge in [-0.2, -0.15) is 0 Å². The molecule has 0 spiro atoms. The number of hydrogen-bond acceptors (Lipinski definition) is 4. The summed E-state index contributed by atoms with van der Waals surface area (Å²) in [6.07, 6.45) is 2.34. The number of rotatable bonds is 10. The summed E-state index contributed by atoms with van der Waals surface area (Å²) in [5.41, 5.74) is 2.19. The van der Waals surface area contributed by atoms with E-state index in [0.717, 1.165) is 47.8 Å². The van der Waals surface area contributed by atoms with Crippen LogP contribution in [0.5, 0.6) is 5.75 Å². The lowest BCUT2D eigenvalue weighted by Gasteiger charge is -2.15.